The van der Waals surface area contributed by atoms with Crippen LogP contribution < -0.4 is 5.32 Å². The molecule has 7 heteroatoms. The summed E-state index contributed by atoms with van der Waals surface area (Å²) < 4.78 is 0. The van der Waals surface area contributed by atoms with E-state index < -0.39 is 12.1 Å². The Hall–Kier alpha value is -2.25. The SMILES string of the molecule is CCC(C)C(=O)N1CC(O)CC1C(=O)NCc1ccc(-c2scnc2C)cc1. The molecule has 0 saturated carbocycles. The van der Waals surface area contributed by atoms with Crippen LogP contribution in [0.2, 0.25) is 0 Å². The van der Waals surface area contributed by atoms with Crippen molar-refractivity contribution in [2.75, 3.05) is 6.54 Å². The van der Waals surface area contributed by atoms with E-state index in [0.29, 0.717) is 13.0 Å². The van der Waals surface area contributed by atoms with E-state index in [1.54, 1.807) is 11.3 Å². The molecule has 1 fully saturated rings. The molecular formula is C21H27N3O3S. The monoisotopic (exact) mass is 401 g/mol. The number of aliphatic hydroxyl groups excluding tert-OH is 1. The van der Waals surface area contributed by atoms with Crippen LogP contribution in [0.5, 0.6) is 0 Å². The largest absolute Gasteiger partial charge is 0.391 e. The van der Waals surface area contributed by atoms with Crippen molar-refractivity contribution in [3.05, 3.63) is 41.0 Å². The molecule has 2 amide bonds. The summed E-state index contributed by atoms with van der Waals surface area (Å²) in [5, 5.41) is 12.9. The minimum absolute atomic E-state index is 0.0662. The molecule has 3 atom stereocenters. The lowest BCUT2D eigenvalue weighted by Gasteiger charge is -2.26. The number of nitrogens with zero attached hydrogens (tertiary/aromatic N) is 2. The first-order valence-corrected chi connectivity index (χ1v) is 10.5. The number of aryl methyl sites for hydroxylation is 1. The van der Waals surface area contributed by atoms with Crippen molar-refractivity contribution in [3.8, 4) is 10.4 Å². The maximum atomic E-state index is 12.7. The molecule has 28 heavy (non-hydrogen) atoms. The van der Waals surface area contributed by atoms with E-state index in [4.69, 9.17) is 0 Å². The lowest BCUT2D eigenvalue weighted by atomic mass is 10.1. The Bertz CT molecular complexity index is 834. The van der Waals surface area contributed by atoms with Gasteiger partial charge in [0.1, 0.15) is 6.04 Å². The second kappa shape index (κ2) is 8.84. The minimum Gasteiger partial charge on any atom is -0.391 e. The molecule has 2 N–H and O–H groups in total. The number of aliphatic hydroxyl groups is 1. The lowest BCUT2D eigenvalue weighted by molar-refractivity contribution is -0.141. The smallest absolute Gasteiger partial charge is 0.243 e. The number of amides is 2. The molecule has 0 bridgehead atoms. The molecule has 2 heterocycles. The standard InChI is InChI=1S/C21H27N3O3S/c1-4-13(2)21(27)24-11-17(25)9-18(24)20(26)22-10-15-5-7-16(8-6-15)19-14(3)23-12-28-19/h5-8,12-13,17-18,25H,4,9-11H2,1-3H3,(H,22,26). The van der Waals surface area contributed by atoms with Crippen molar-refractivity contribution in [2.24, 2.45) is 5.92 Å². The van der Waals surface area contributed by atoms with Crippen LogP contribution in [0.25, 0.3) is 10.4 Å². The summed E-state index contributed by atoms with van der Waals surface area (Å²) in [4.78, 5) is 32.1. The van der Waals surface area contributed by atoms with E-state index in [1.807, 2.05) is 50.5 Å². The van der Waals surface area contributed by atoms with Crippen LogP contribution in [-0.2, 0) is 16.1 Å². The maximum Gasteiger partial charge on any atom is 0.243 e. The molecule has 150 valence electrons. The predicted molar refractivity (Wildman–Crippen MR) is 110 cm³/mol. The van der Waals surface area contributed by atoms with Crippen molar-refractivity contribution < 1.29 is 14.7 Å². The van der Waals surface area contributed by atoms with E-state index >= 15 is 0 Å². The normalized spacial score (nSPS) is 20.2. The highest BCUT2D eigenvalue weighted by Crippen LogP contribution is 2.27. The van der Waals surface area contributed by atoms with Crippen LogP contribution in [0.1, 0.15) is 37.9 Å². The summed E-state index contributed by atoms with van der Waals surface area (Å²) in [6.45, 7) is 6.40. The molecule has 0 spiro atoms. The van der Waals surface area contributed by atoms with E-state index in [9.17, 15) is 14.7 Å². The molecule has 0 radical (unpaired) electrons. The number of hydrogen-bond donors (Lipinski definition) is 2. The van der Waals surface area contributed by atoms with Crippen molar-refractivity contribution in [1.29, 1.82) is 0 Å². The second-order valence-electron chi connectivity index (χ2n) is 7.39. The van der Waals surface area contributed by atoms with Gasteiger partial charge in [-0.2, -0.15) is 0 Å². The van der Waals surface area contributed by atoms with Crippen molar-refractivity contribution >= 4 is 23.2 Å². The summed E-state index contributed by atoms with van der Waals surface area (Å²) in [6.07, 6.45) is 0.355. The van der Waals surface area contributed by atoms with Gasteiger partial charge in [-0.1, -0.05) is 38.1 Å². The number of aromatic nitrogens is 1. The van der Waals surface area contributed by atoms with Crippen LogP contribution in [-0.4, -0.2) is 45.5 Å². The fourth-order valence-corrected chi connectivity index (χ4v) is 4.24. The number of nitrogens with one attached hydrogen (secondary N) is 1. The summed E-state index contributed by atoms with van der Waals surface area (Å²) in [5.41, 5.74) is 4.94. The average molecular weight is 402 g/mol. The van der Waals surface area contributed by atoms with Gasteiger partial charge in [0.15, 0.2) is 0 Å². The molecule has 3 unspecified atom stereocenters. The van der Waals surface area contributed by atoms with Crippen LogP contribution >= 0.6 is 11.3 Å². The van der Waals surface area contributed by atoms with Crippen LogP contribution in [0.4, 0.5) is 0 Å². The van der Waals surface area contributed by atoms with E-state index in [0.717, 1.165) is 21.7 Å². The van der Waals surface area contributed by atoms with Gasteiger partial charge in [0, 0.05) is 25.4 Å². The van der Waals surface area contributed by atoms with Gasteiger partial charge in [-0.15, -0.1) is 11.3 Å². The molecule has 6 nitrogen and oxygen atoms in total. The molecular weight excluding hydrogens is 374 g/mol. The highest BCUT2D eigenvalue weighted by atomic mass is 32.1. The van der Waals surface area contributed by atoms with Gasteiger partial charge in [0.05, 0.1) is 22.2 Å². The van der Waals surface area contributed by atoms with Crippen LogP contribution in [0, 0.1) is 12.8 Å². The van der Waals surface area contributed by atoms with Gasteiger partial charge in [-0.05, 0) is 24.5 Å². The van der Waals surface area contributed by atoms with Gasteiger partial charge in [-0.3, -0.25) is 9.59 Å². The average Bonchev–Trinajstić information content (AvgIpc) is 3.30. The zero-order chi connectivity index (χ0) is 20.3. The minimum atomic E-state index is -0.648. The van der Waals surface area contributed by atoms with Gasteiger partial charge < -0.3 is 15.3 Å². The molecule has 0 aliphatic carbocycles. The Morgan fingerprint density at radius 3 is 2.68 bits per heavy atom. The number of hydrogen-bond acceptors (Lipinski definition) is 5. The number of thiazole rings is 1. The fraction of sp³-hybridized carbons (Fsp3) is 0.476. The van der Waals surface area contributed by atoms with Gasteiger partial charge in [-0.25, -0.2) is 4.98 Å². The van der Waals surface area contributed by atoms with E-state index in [-0.39, 0.29) is 30.7 Å². The molecule has 1 aliphatic heterocycles. The third-order valence-electron chi connectivity index (χ3n) is 5.33. The maximum absolute atomic E-state index is 12.7. The van der Waals surface area contributed by atoms with Gasteiger partial charge in [0.2, 0.25) is 11.8 Å². The molecule has 1 aromatic carbocycles. The fourth-order valence-electron chi connectivity index (χ4n) is 3.42. The van der Waals surface area contributed by atoms with Crippen molar-refractivity contribution in [3.63, 3.8) is 0 Å². The van der Waals surface area contributed by atoms with E-state index in [1.165, 1.54) is 4.90 Å². The zero-order valence-corrected chi connectivity index (χ0v) is 17.3. The first-order chi connectivity index (χ1) is 13.4. The summed E-state index contributed by atoms with van der Waals surface area (Å²) in [6, 6.07) is 7.43. The number of likely N-dealkylation sites (tertiary alicyclic amines) is 1. The van der Waals surface area contributed by atoms with Crippen molar-refractivity contribution in [1.82, 2.24) is 15.2 Å². The number of carbonyl (C=O) groups excluding carboxylic acids is 2. The molecule has 2 aromatic rings. The Kier molecular flexibility index (Phi) is 6.46. The van der Waals surface area contributed by atoms with Crippen LogP contribution in [0.15, 0.2) is 29.8 Å². The molecule has 3 rings (SSSR count). The highest BCUT2D eigenvalue weighted by Gasteiger charge is 2.39. The Balaban J connectivity index is 1.61. The zero-order valence-electron chi connectivity index (χ0n) is 16.5. The number of β-amino-alcohol motifs (C(OH)–C–C–N with tert-alkyl or cyclic N) is 1. The molecule has 1 saturated heterocycles. The molecule has 1 aromatic heterocycles. The summed E-state index contributed by atoms with van der Waals surface area (Å²) >= 11 is 1.61. The molecule has 1 aliphatic rings. The summed E-state index contributed by atoms with van der Waals surface area (Å²) in [7, 11) is 0. The first-order valence-electron chi connectivity index (χ1n) is 9.66. The lowest BCUT2D eigenvalue weighted by Crippen LogP contribution is -2.47. The Labute approximate surface area is 169 Å². The van der Waals surface area contributed by atoms with E-state index in [2.05, 4.69) is 10.3 Å². The third-order valence-corrected chi connectivity index (χ3v) is 6.30. The Morgan fingerprint density at radius 2 is 2.07 bits per heavy atom. The van der Waals surface area contributed by atoms with Crippen LogP contribution in [0.3, 0.4) is 0 Å². The second-order valence-corrected chi connectivity index (χ2v) is 8.24. The predicted octanol–water partition coefficient (Wildman–Crippen LogP) is 2.74. The highest BCUT2D eigenvalue weighted by molar-refractivity contribution is 7.13. The number of benzene rings is 1. The Morgan fingerprint density at radius 1 is 1.36 bits per heavy atom. The summed E-state index contributed by atoms with van der Waals surface area (Å²) in [5.74, 6) is -0.428. The quantitative estimate of drug-likeness (QED) is 0.780. The number of carbonyl (C=O) groups is 2. The first kappa shape index (κ1) is 20.5. The van der Waals surface area contributed by atoms with Gasteiger partial charge >= 0.3 is 0 Å². The van der Waals surface area contributed by atoms with Gasteiger partial charge in [0.25, 0.3) is 0 Å². The topological polar surface area (TPSA) is 82.5 Å². The third kappa shape index (κ3) is 4.42. The number of rotatable bonds is 6. The van der Waals surface area contributed by atoms with Crippen molar-refractivity contribution in [2.45, 2.75) is 52.3 Å².